The van der Waals surface area contributed by atoms with Crippen molar-refractivity contribution in [1.82, 2.24) is 10.3 Å². The molecule has 2 rings (SSSR count). The lowest BCUT2D eigenvalue weighted by Crippen LogP contribution is -2.25. The zero-order valence-corrected chi connectivity index (χ0v) is 11.1. The molecule has 1 N–H and O–H groups in total. The first-order valence-electron chi connectivity index (χ1n) is 5.99. The van der Waals surface area contributed by atoms with Crippen molar-refractivity contribution in [3.05, 3.63) is 41.2 Å². The lowest BCUT2D eigenvalue weighted by atomic mass is 10.1. The molecule has 0 atom stereocenters. The molecule has 0 unspecified atom stereocenters. The smallest absolute Gasteiger partial charge is 0.269 e. The Labute approximate surface area is 117 Å². The number of amides is 1. The van der Waals surface area contributed by atoms with Gasteiger partial charge in [-0.05, 0) is 17.9 Å². The SMILES string of the molecule is C#CCCCNC(=O)c1cc2ccccc2c(Cl)n1. The molecule has 0 saturated heterocycles. The molecular weight excluding hydrogens is 260 g/mol. The predicted octanol–water partition coefficient (Wildman–Crippen LogP) is 3.03. The van der Waals surface area contributed by atoms with Crippen LogP contribution in [0.2, 0.25) is 5.15 Å². The molecule has 1 aromatic carbocycles. The van der Waals surface area contributed by atoms with Crippen LogP contribution in [-0.4, -0.2) is 17.4 Å². The van der Waals surface area contributed by atoms with E-state index in [0.29, 0.717) is 23.8 Å². The normalized spacial score (nSPS) is 10.1. The molecule has 2 aromatic rings. The van der Waals surface area contributed by atoms with E-state index in [0.717, 1.165) is 17.2 Å². The lowest BCUT2D eigenvalue weighted by molar-refractivity contribution is 0.0948. The fraction of sp³-hybridized carbons (Fsp3) is 0.200. The molecule has 0 spiro atoms. The fourth-order valence-electron chi connectivity index (χ4n) is 1.76. The Bertz CT molecular complexity index is 646. The molecule has 0 aliphatic carbocycles. The number of rotatable bonds is 4. The molecule has 0 radical (unpaired) electrons. The summed E-state index contributed by atoms with van der Waals surface area (Å²) in [6.07, 6.45) is 6.54. The van der Waals surface area contributed by atoms with Gasteiger partial charge in [0.2, 0.25) is 0 Å². The Morgan fingerprint density at radius 2 is 2.21 bits per heavy atom. The summed E-state index contributed by atoms with van der Waals surface area (Å²) < 4.78 is 0. The molecule has 19 heavy (non-hydrogen) atoms. The molecule has 0 aliphatic rings. The fourth-order valence-corrected chi connectivity index (χ4v) is 2.02. The molecule has 96 valence electrons. The molecule has 1 heterocycles. The Kier molecular flexibility index (Phi) is 4.38. The number of carbonyl (C=O) groups is 1. The van der Waals surface area contributed by atoms with Gasteiger partial charge >= 0.3 is 0 Å². The Morgan fingerprint density at radius 3 is 3.00 bits per heavy atom. The van der Waals surface area contributed by atoms with Gasteiger partial charge in [0.25, 0.3) is 5.91 Å². The minimum atomic E-state index is -0.232. The lowest BCUT2D eigenvalue weighted by Gasteiger charge is -2.06. The van der Waals surface area contributed by atoms with Crippen LogP contribution in [0.3, 0.4) is 0 Å². The van der Waals surface area contributed by atoms with E-state index in [2.05, 4.69) is 16.2 Å². The highest BCUT2D eigenvalue weighted by Crippen LogP contribution is 2.22. The van der Waals surface area contributed by atoms with Crippen LogP contribution < -0.4 is 5.32 Å². The molecule has 1 amide bonds. The van der Waals surface area contributed by atoms with Crippen LogP contribution in [0, 0.1) is 12.3 Å². The van der Waals surface area contributed by atoms with E-state index in [1.165, 1.54) is 0 Å². The maximum Gasteiger partial charge on any atom is 0.269 e. The van der Waals surface area contributed by atoms with Crippen molar-refractivity contribution in [2.45, 2.75) is 12.8 Å². The van der Waals surface area contributed by atoms with E-state index < -0.39 is 0 Å². The summed E-state index contributed by atoms with van der Waals surface area (Å²) in [6, 6.07) is 9.29. The van der Waals surface area contributed by atoms with Crippen molar-refractivity contribution >= 4 is 28.3 Å². The van der Waals surface area contributed by atoms with E-state index in [4.69, 9.17) is 18.0 Å². The number of unbranched alkanes of at least 4 members (excludes halogenated alkanes) is 1. The predicted molar refractivity (Wildman–Crippen MR) is 77.2 cm³/mol. The number of nitrogens with one attached hydrogen (secondary N) is 1. The van der Waals surface area contributed by atoms with E-state index in [-0.39, 0.29) is 5.91 Å². The highest BCUT2D eigenvalue weighted by atomic mass is 35.5. The molecule has 3 nitrogen and oxygen atoms in total. The number of terminal acetylenes is 1. The van der Waals surface area contributed by atoms with Gasteiger partial charge in [0, 0.05) is 18.4 Å². The maximum absolute atomic E-state index is 11.9. The minimum absolute atomic E-state index is 0.232. The summed E-state index contributed by atoms with van der Waals surface area (Å²) in [7, 11) is 0. The Hall–Kier alpha value is -2.05. The summed E-state index contributed by atoms with van der Waals surface area (Å²) in [5, 5.41) is 4.85. The van der Waals surface area contributed by atoms with Crippen molar-refractivity contribution in [3.8, 4) is 12.3 Å². The van der Waals surface area contributed by atoms with Gasteiger partial charge in [0.05, 0.1) is 0 Å². The molecule has 4 heteroatoms. The third-order valence-electron chi connectivity index (χ3n) is 2.71. The van der Waals surface area contributed by atoms with Crippen LogP contribution in [0.1, 0.15) is 23.3 Å². The second kappa shape index (κ2) is 6.21. The number of fused-ring (bicyclic) bond motifs is 1. The third-order valence-corrected chi connectivity index (χ3v) is 3.00. The van der Waals surface area contributed by atoms with E-state index in [9.17, 15) is 4.79 Å². The van der Waals surface area contributed by atoms with Gasteiger partial charge in [-0.25, -0.2) is 4.98 Å². The molecule has 0 saturated carbocycles. The Morgan fingerprint density at radius 1 is 1.42 bits per heavy atom. The number of carbonyl (C=O) groups excluding carboxylic acids is 1. The van der Waals surface area contributed by atoms with E-state index in [1.807, 2.05) is 24.3 Å². The molecule has 0 aliphatic heterocycles. The minimum Gasteiger partial charge on any atom is -0.351 e. The zero-order chi connectivity index (χ0) is 13.7. The van der Waals surface area contributed by atoms with E-state index >= 15 is 0 Å². The average Bonchev–Trinajstić information content (AvgIpc) is 2.43. The van der Waals surface area contributed by atoms with Gasteiger partial charge in [-0.1, -0.05) is 35.9 Å². The maximum atomic E-state index is 11.9. The summed E-state index contributed by atoms with van der Waals surface area (Å²) in [6.45, 7) is 0.537. The van der Waals surface area contributed by atoms with Crippen LogP contribution in [-0.2, 0) is 0 Å². The van der Waals surface area contributed by atoms with Crippen molar-refractivity contribution in [1.29, 1.82) is 0 Å². The highest BCUT2D eigenvalue weighted by molar-refractivity contribution is 6.34. The van der Waals surface area contributed by atoms with Crippen LogP contribution >= 0.6 is 11.6 Å². The topological polar surface area (TPSA) is 42.0 Å². The first kappa shape index (κ1) is 13.4. The number of halogens is 1. The summed E-state index contributed by atoms with van der Waals surface area (Å²) in [5.74, 6) is 2.29. The van der Waals surface area contributed by atoms with Gasteiger partial charge in [0.1, 0.15) is 10.8 Å². The van der Waals surface area contributed by atoms with Gasteiger partial charge < -0.3 is 5.32 Å². The first-order valence-corrected chi connectivity index (χ1v) is 6.37. The van der Waals surface area contributed by atoms with Crippen LogP contribution in [0.25, 0.3) is 10.8 Å². The second-order valence-electron chi connectivity index (χ2n) is 4.08. The monoisotopic (exact) mass is 272 g/mol. The molecule has 0 bridgehead atoms. The highest BCUT2D eigenvalue weighted by Gasteiger charge is 2.10. The number of benzene rings is 1. The molecule has 0 fully saturated rings. The quantitative estimate of drug-likeness (QED) is 0.528. The second-order valence-corrected chi connectivity index (χ2v) is 4.44. The van der Waals surface area contributed by atoms with E-state index in [1.54, 1.807) is 6.07 Å². The third kappa shape index (κ3) is 3.24. The van der Waals surface area contributed by atoms with Crippen molar-refractivity contribution in [2.75, 3.05) is 6.54 Å². The number of aromatic nitrogens is 1. The van der Waals surface area contributed by atoms with Crippen LogP contribution in [0.5, 0.6) is 0 Å². The molecular formula is C15H13ClN2O. The largest absolute Gasteiger partial charge is 0.351 e. The number of hydrogen-bond acceptors (Lipinski definition) is 2. The standard InChI is InChI=1S/C15H13ClN2O/c1-2-3-6-9-17-15(19)13-10-11-7-4-5-8-12(11)14(16)18-13/h1,4-5,7-8,10H,3,6,9H2,(H,17,19). The number of pyridine rings is 1. The summed E-state index contributed by atoms with van der Waals surface area (Å²) in [4.78, 5) is 16.0. The van der Waals surface area contributed by atoms with Gasteiger partial charge in [0.15, 0.2) is 0 Å². The van der Waals surface area contributed by atoms with Gasteiger partial charge in [-0.3, -0.25) is 4.79 Å². The zero-order valence-electron chi connectivity index (χ0n) is 10.3. The van der Waals surface area contributed by atoms with Crippen LogP contribution in [0.15, 0.2) is 30.3 Å². The summed E-state index contributed by atoms with van der Waals surface area (Å²) >= 11 is 6.07. The number of nitrogens with zero attached hydrogens (tertiary/aromatic N) is 1. The van der Waals surface area contributed by atoms with Crippen molar-refractivity contribution in [3.63, 3.8) is 0 Å². The number of hydrogen-bond donors (Lipinski definition) is 1. The van der Waals surface area contributed by atoms with Gasteiger partial charge in [-0.15, -0.1) is 12.3 Å². The van der Waals surface area contributed by atoms with Gasteiger partial charge in [-0.2, -0.15) is 0 Å². The van der Waals surface area contributed by atoms with Crippen molar-refractivity contribution in [2.24, 2.45) is 0 Å². The Balaban J connectivity index is 2.16. The van der Waals surface area contributed by atoms with Crippen molar-refractivity contribution < 1.29 is 4.79 Å². The summed E-state index contributed by atoms with van der Waals surface area (Å²) in [5.41, 5.74) is 0.324. The van der Waals surface area contributed by atoms with Crippen LogP contribution in [0.4, 0.5) is 0 Å². The molecule has 1 aromatic heterocycles. The first-order chi connectivity index (χ1) is 9.22. The average molecular weight is 273 g/mol.